The number of hydrogen-bond acceptors (Lipinski definition) is 4. The Bertz CT molecular complexity index is 1050. The third kappa shape index (κ3) is 3.71. The van der Waals surface area contributed by atoms with Crippen molar-refractivity contribution in [3.63, 3.8) is 0 Å². The predicted octanol–water partition coefficient (Wildman–Crippen LogP) is 1.71. The molecule has 1 saturated heterocycles. The van der Waals surface area contributed by atoms with E-state index in [-0.39, 0.29) is 17.5 Å². The molecule has 146 valence electrons. The van der Waals surface area contributed by atoms with E-state index in [9.17, 15) is 9.59 Å². The number of imidazole rings is 1. The SMILES string of the molecule is Cc1cccc(Cn2c(=O)n(CCNC(=O)[C@H]3CCOC3)c3ncccc32)c1. The van der Waals surface area contributed by atoms with Gasteiger partial charge in [-0.1, -0.05) is 29.8 Å². The van der Waals surface area contributed by atoms with Crippen LogP contribution in [0.5, 0.6) is 0 Å². The highest BCUT2D eigenvalue weighted by Crippen LogP contribution is 2.14. The fourth-order valence-electron chi connectivity index (χ4n) is 3.67. The molecular formula is C21H24N4O3. The van der Waals surface area contributed by atoms with Crippen molar-refractivity contribution < 1.29 is 9.53 Å². The van der Waals surface area contributed by atoms with E-state index in [1.165, 1.54) is 0 Å². The molecule has 1 N–H and O–H groups in total. The Balaban J connectivity index is 1.56. The molecule has 1 aliphatic rings. The molecule has 0 saturated carbocycles. The monoisotopic (exact) mass is 380 g/mol. The van der Waals surface area contributed by atoms with Crippen LogP contribution < -0.4 is 11.0 Å². The van der Waals surface area contributed by atoms with Crippen LogP contribution in [0.4, 0.5) is 0 Å². The first kappa shape index (κ1) is 18.4. The van der Waals surface area contributed by atoms with Crippen molar-refractivity contribution in [1.82, 2.24) is 19.4 Å². The Hall–Kier alpha value is -2.93. The molecular weight excluding hydrogens is 356 g/mol. The number of aryl methyl sites for hydroxylation is 1. The summed E-state index contributed by atoms with van der Waals surface area (Å²) in [6.45, 7) is 4.40. The molecule has 0 bridgehead atoms. The third-order valence-electron chi connectivity index (χ3n) is 5.13. The van der Waals surface area contributed by atoms with Gasteiger partial charge in [0.1, 0.15) is 0 Å². The molecule has 0 spiro atoms. The van der Waals surface area contributed by atoms with Crippen molar-refractivity contribution >= 4 is 17.1 Å². The maximum atomic E-state index is 13.1. The summed E-state index contributed by atoms with van der Waals surface area (Å²) in [7, 11) is 0. The molecule has 2 aromatic heterocycles. The lowest BCUT2D eigenvalue weighted by Gasteiger charge is -2.09. The average Bonchev–Trinajstić information content (AvgIpc) is 3.31. The maximum absolute atomic E-state index is 13.1. The zero-order valence-corrected chi connectivity index (χ0v) is 15.9. The van der Waals surface area contributed by atoms with Crippen LogP contribution in [0.15, 0.2) is 47.4 Å². The van der Waals surface area contributed by atoms with E-state index in [0.717, 1.165) is 23.1 Å². The van der Waals surface area contributed by atoms with E-state index in [1.54, 1.807) is 15.3 Å². The second kappa shape index (κ2) is 7.98. The number of fused-ring (bicyclic) bond motifs is 1. The minimum atomic E-state index is -0.117. The van der Waals surface area contributed by atoms with Crippen LogP contribution in [0.3, 0.4) is 0 Å². The minimum Gasteiger partial charge on any atom is -0.381 e. The summed E-state index contributed by atoms with van der Waals surface area (Å²) >= 11 is 0. The average molecular weight is 380 g/mol. The van der Waals surface area contributed by atoms with Gasteiger partial charge < -0.3 is 10.1 Å². The Labute approximate surface area is 163 Å². The Morgan fingerprint density at radius 1 is 1.29 bits per heavy atom. The van der Waals surface area contributed by atoms with Crippen LogP contribution in [-0.4, -0.2) is 39.8 Å². The first-order chi connectivity index (χ1) is 13.6. The summed E-state index contributed by atoms with van der Waals surface area (Å²) in [6, 6.07) is 11.9. The standard InChI is InChI=1S/C21H24N4O3/c1-15-4-2-5-16(12-15)13-25-18-6-3-8-22-19(18)24(21(25)27)10-9-23-20(26)17-7-11-28-14-17/h2-6,8,12,17H,7,9-11,13-14H2,1H3,(H,23,26)/t17-/m0/s1. The summed E-state index contributed by atoms with van der Waals surface area (Å²) in [6.07, 6.45) is 2.44. The van der Waals surface area contributed by atoms with Crippen molar-refractivity contribution in [2.45, 2.75) is 26.4 Å². The van der Waals surface area contributed by atoms with Crippen molar-refractivity contribution in [2.75, 3.05) is 19.8 Å². The largest absolute Gasteiger partial charge is 0.381 e. The molecule has 7 nitrogen and oxygen atoms in total. The van der Waals surface area contributed by atoms with Gasteiger partial charge in [0.15, 0.2) is 5.65 Å². The lowest BCUT2D eigenvalue weighted by Crippen LogP contribution is -2.35. The van der Waals surface area contributed by atoms with E-state index < -0.39 is 0 Å². The second-order valence-electron chi connectivity index (χ2n) is 7.21. The van der Waals surface area contributed by atoms with Gasteiger partial charge in [0.25, 0.3) is 0 Å². The highest BCUT2D eigenvalue weighted by Gasteiger charge is 2.23. The number of ether oxygens (including phenoxy) is 1. The number of amides is 1. The molecule has 1 aromatic carbocycles. The van der Waals surface area contributed by atoms with Gasteiger partial charge in [-0.05, 0) is 31.0 Å². The first-order valence-corrected chi connectivity index (χ1v) is 9.58. The van der Waals surface area contributed by atoms with Gasteiger partial charge in [0.05, 0.1) is 24.6 Å². The van der Waals surface area contributed by atoms with Crippen LogP contribution in [0.2, 0.25) is 0 Å². The van der Waals surface area contributed by atoms with Crippen LogP contribution >= 0.6 is 0 Å². The number of hydrogen-bond donors (Lipinski definition) is 1. The molecule has 3 heterocycles. The summed E-state index contributed by atoms with van der Waals surface area (Å²) < 4.78 is 8.63. The molecule has 0 unspecified atom stereocenters. The van der Waals surface area contributed by atoms with E-state index in [2.05, 4.69) is 16.4 Å². The summed E-state index contributed by atoms with van der Waals surface area (Å²) in [5, 5.41) is 2.92. The minimum absolute atomic E-state index is 0.0120. The Kier molecular flexibility index (Phi) is 5.25. The van der Waals surface area contributed by atoms with Crippen LogP contribution in [0.1, 0.15) is 17.5 Å². The molecule has 0 radical (unpaired) electrons. The smallest absolute Gasteiger partial charge is 0.330 e. The highest BCUT2D eigenvalue weighted by atomic mass is 16.5. The summed E-state index contributed by atoms with van der Waals surface area (Å²) in [5.74, 6) is -0.0977. The number of nitrogens with zero attached hydrogens (tertiary/aromatic N) is 3. The summed E-state index contributed by atoms with van der Waals surface area (Å²) in [5.41, 5.74) is 3.54. The number of pyridine rings is 1. The normalized spacial score (nSPS) is 16.5. The number of aromatic nitrogens is 3. The molecule has 1 amide bonds. The van der Waals surface area contributed by atoms with Crippen LogP contribution in [0, 0.1) is 12.8 Å². The van der Waals surface area contributed by atoms with Gasteiger partial charge in [-0.2, -0.15) is 0 Å². The molecule has 1 fully saturated rings. The quantitative estimate of drug-likeness (QED) is 0.706. The predicted molar refractivity (Wildman–Crippen MR) is 106 cm³/mol. The van der Waals surface area contributed by atoms with Crippen LogP contribution in [-0.2, 0) is 22.6 Å². The topological polar surface area (TPSA) is 78.2 Å². The van der Waals surface area contributed by atoms with E-state index in [0.29, 0.717) is 38.5 Å². The lowest BCUT2D eigenvalue weighted by molar-refractivity contribution is -0.124. The molecule has 1 aliphatic heterocycles. The third-order valence-corrected chi connectivity index (χ3v) is 5.13. The number of benzene rings is 1. The van der Waals surface area contributed by atoms with Crippen LogP contribution in [0.25, 0.3) is 11.2 Å². The Morgan fingerprint density at radius 2 is 2.18 bits per heavy atom. The molecule has 28 heavy (non-hydrogen) atoms. The van der Waals surface area contributed by atoms with E-state index >= 15 is 0 Å². The molecule has 7 heteroatoms. The Morgan fingerprint density at radius 3 is 2.96 bits per heavy atom. The zero-order chi connectivity index (χ0) is 19.5. The van der Waals surface area contributed by atoms with Gasteiger partial charge in [-0.25, -0.2) is 9.78 Å². The molecule has 0 aliphatic carbocycles. The van der Waals surface area contributed by atoms with E-state index in [4.69, 9.17) is 4.74 Å². The molecule has 4 rings (SSSR count). The number of rotatable bonds is 6. The first-order valence-electron chi connectivity index (χ1n) is 9.58. The van der Waals surface area contributed by atoms with Gasteiger partial charge in [-0.15, -0.1) is 0 Å². The van der Waals surface area contributed by atoms with Crippen molar-refractivity contribution in [1.29, 1.82) is 0 Å². The molecule has 1 atom stereocenters. The molecule has 3 aromatic rings. The maximum Gasteiger partial charge on any atom is 0.330 e. The van der Waals surface area contributed by atoms with Crippen molar-refractivity contribution in [3.8, 4) is 0 Å². The van der Waals surface area contributed by atoms with E-state index in [1.807, 2.05) is 37.3 Å². The van der Waals surface area contributed by atoms with Gasteiger partial charge in [0.2, 0.25) is 5.91 Å². The fourth-order valence-corrected chi connectivity index (χ4v) is 3.67. The fraction of sp³-hybridized carbons (Fsp3) is 0.381. The van der Waals surface area contributed by atoms with Gasteiger partial charge in [0, 0.05) is 25.9 Å². The van der Waals surface area contributed by atoms with Gasteiger partial charge in [-0.3, -0.25) is 13.9 Å². The van der Waals surface area contributed by atoms with Gasteiger partial charge >= 0.3 is 5.69 Å². The van der Waals surface area contributed by atoms with Crippen molar-refractivity contribution in [2.24, 2.45) is 5.92 Å². The number of nitrogens with one attached hydrogen (secondary N) is 1. The highest BCUT2D eigenvalue weighted by molar-refractivity contribution is 5.79. The zero-order valence-electron chi connectivity index (χ0n) is 15.9. The van der Waals surface area contributed by atoms with Crippen molar-refractivity contribution in [3.05, 3.63) is 64.2 Å². The lowest BCUT2D eigenvalue weighted by atomic mass is 10.1. The number of carbonyl (C=O) groups excluding carboxylic acids is 1. The number of carbonyl (C=O) groups is 1. The summed E-state index contributed by atoms with van der Waals surface area (Å²) in [4.78, 5) is 29.6. The second-order valence-corrected chi connectivity index (χ2v) is 7.21.